The Kier molecular flexibility index (Phi) is 5.12. The first-order chi connectivity index (χ1) is 11.7. The fraction of sp³-hybridized carbons (Fsp3) is 0.412. The van der Waals surface area contributed by atoms with Crippen molar-refractivity contribution in [2.45, 2.75) is 18.8 Å². The molecule has 2 heterocycles. The van der Waals surface area contributed by atoms with Gasteiger partial charge in [-0.05, 0) is 37.6 Å². The molecular weight excluding hydrogens is 308 g/mol. The number of nitrogens with zero attached hydrogens (tertiary/aromatic N) is 2. The molecular formula is C17H22N4O3. The molecule has 0 radical (unpaired) electrons. The Hall–Kier alpha value is -2.38. The molecule has 7 heteroatoms. The van der Waals surface area contributed by atoms with Crippen LogP contribution in [-0.4, -0.2) is 46.5 Å². The quantitative estimate of drug-likeness (QED) is 0.653. The second kappa shape index (κ2) is 7.46. The lowest BCUT2D eigenvalue weighted by Crippen LogP contribution is -2.29. The summed E-state index contributed by atoms with van der Waals surface area (Å²) in [6.07, 6.45) is 2.13. The van der Waals surface area contributed by atoms with Crippen LogP contribution < -0.4 is 15.8 Å². The highest BCUT2D eigenvalue weighted by atomic mass is 16.5. The van der Waals surface area contributed by atoms with E-state index in [-0.39, 0.29) is 30.8 Å². The van der Waals surface area contributed by atoms with Crippen molar-refractivity contribution < 1.29 is 14.9 Å². The number of nitrogens with one attached hydrogen (secondary N) is 1. The number of piperidine rings is 1. The number of hydrogen-bond acceptors (Lipinski definition) is 7. The molecule has 1 aliphatic heterocycles. The molecule has 1 aromatic heterocycles. The first-order valence-corrected chi connectivity index (χ1v) is 8.10. The van der Waals surface area contributed by atoms with Crippen molar-refractivity contribution >= 4 is 5.95 Å². The van der Waals surface area contributed by atoms with E-state index in [0.717, 1.165) is 31.6 Å². The Morgan fingerprint density at radius 3 is 2.96 bits per heavy atom. The Labute approximate surface area is 140 Å². The average Bonchev–Trinajstić information content (AvgIpc) is 2.60. The number of anilines is 1. The van der Waals surface area contributed by atoms with Gasteiger partial charge in [0.15, 0.2) is 0 Å². The molecule has 1 unspecified atom stereocenters. The van der Waals surface area contributed by atoms with Gasteiger partial charge >= 0.3 is 0 Å². The van der Waals surface area contributed by atoms with Gasteiger partial charge in [-0.3, -0.25) is 0 Å². The monoisotopic (exact) mass is 330 g/mol. The molecule has 0 spiro atoms. The fourth-order valence-corrected chi connectivity index (χ4v) is 2.98. The molecule has 0 bridgehead atoms. The number of hydrogen-bond donors (Lipinski definition) is 4. The number of phenols is 1. The van der Waals surface area contributed by atoms with Gasteiger partial charge < -0.3 is 26.0 Å². The van der Waals surface area contributed by atoms with E-state index in [1.54, 1.807) is 18.2 Å². The molecule has 2 aromatic rings. The van der Waals surface area contributed by atoms with E-state index >= 15 is 0 Å². The first kappa shape index (κ1) is 16.5. The van der Waals surface area contributed by atoms with E-state index in [9.17, 15) is 5.11 Å². The lowest BCUT2D eigenvalue weighted by molar-refractivity contribution is 0.201. The Morgan fingerprint density at radius 1 is 1.33 bits per heavy atom. The topological polar surface area (TPSA) is 114 Å². The van der Waals surface area contributed by atoms with E-state index in [0.29, 0.717) is 17.0 Å². The van der Waals surface area contributed by atoms with Crippen LogP contribution in [0.5, 0.6) is 11.5 Å². The lowest BCUT2D eigenvalue weighted by Gasteiger charge is -2.23. The van der Waals surface area contributed by atoms with Crippen LogP contribution in [0.15, 0.2) is 24.3 Å². The van der Waals surface area contributed by atoms with Crippen LogP contribution >= 0.6 is 0 Å². The minimum absolute atomic E-state index is 0.0521. The van der Waals surface area contributed by atoms with E-state index in [4.69, 9.17) is 15.6 Å². The van der Waals surface area contributed by atoms with Crippen molar-refractivity contribution in [3.05, 3.63) is 30.0 Å². The number of aromatic hydroxyl groups is 1. The Balaban J connectivity index is 2.01. The number of phenolic OH excluding ortho intramolecular Hbond substituents is 1. The van der Waals surface area contributed by atoms with Gasteiger partial charge in [0.05, 0.1) is 23.6 Å². The Bertz CT molecular complexity index is 702. The molecule has 1 fully saturated rings. The molecule has 1 aliphatic rings. The van der Waals surface area contributed by atoms with Crippen LogP contribution in [0.3, 0.4) is 0 Å². The summed E-state index contributed by atoms with van der Waals surface area (Å²) in [6, 6.07) is 6.84. The summed E-state index contributed by atoms with van der Waals surface area (Å²) in [6.45, 7) is 1.89. The molecule has 1 saturated heterocycles. The van der Waals surface area contributed by atoms with Crippen LogP contribution in [0.2, 0.25) is 0 Å². The van der Waals surface area contributed by atoms with Crippen molar-refractivity contribution in [3.63, 3.8) is 0 Å². The largest absolute Gasteiger partial charge is 0.507 e. The van der Waals surface area contributed by atoms with Gasteiger partial charge in [-0.2, -0.15) is 0 Å². The zero-order valence-electron chi connectivity index (χ0n) is 13.4. The fourth-order valence-electron chi connectivity index (χ4n) is 2.98. The van der Waals surface area contributed by atoms with E-state index in [1.807, 2.05) is 6.07 Å². The summed E-state index contributed by atoms with van der Waals surface area (Å²) in [5, 5.41) is 22.6. The summed E-state index contributed by atoms with van der Waals surface area (Å²) in [7, 11) is 0. The minimum atomic E-state index is -0.111. The predicted molar refractivity (Wildman–Crippen MR) is 91.0 cm³/mol. The van der Waals surface area contributed by atoms with Gasteiger partial charge in [0.1, 0.15) is 18.1 Å². The summed E-state index contributed by atoms with van der Waals surface area (Å²) in [5.74, 6) is 0.950. The maximum atomic E-state index is 10.3. The summed E-state index contributed by atoms with van der Waals surface area (Å²) in [4.78, 5) is 8.64. The number of nitrogens with two attached hydrogens (primary N) is 1. The van der Waals surface area contributed by atoms with Gasteiger partial charge in [0.2, 0.25) is 5.95 Å². The van der Waals surface area contributed by atoms with Crippen molar-refractivity contribution in [1.29, 1.82) is 0 Å². The average molecular weight is 330 g/mol. The van der Waals surface area contributed by atoms with Gasteiger partial charge in [0, 0.05) is 12.5 Å². The van der Waals surface area contributed by atoms with E-state index in [1.165, 1.54) is 0 Å². The third-order valence-electron chi connectivity index (χ3n) is 4.09. The molecule has 1 aromatic carbocycles. The standard InChI is InChI=1S/C17H22N4O3/c18-17-20-12(11-3-2-6-19-10-11)9-13(21-17)16-14(23)4-1-5-15(16)24-8-7-22/h1,4-5,9,11,19,22-23H,2-3,6-8,10H2,(H2,18,20,21). The zero-order chi connectivity index (χ0) is 16.9. The molecule has 7 nitrogen and oxygen atoms in total. The third-order valence-corrected chi connectivity index (χ3v) is 4.09. The van der Waals surface area contributed by atoms with Gasteiger partial charge in [-0.25, -0.2) is 9.97 Å². The van der Waals surface area contributed by atoms with Gasteiger partial charge in [-0.15, -0.1) is 0 Å². The highest BCUT2D eigenvalue weighted by Crippen LogP contribution is 2.38. The summed E-state index contributed by atoms with van der Waals surface area (Å²) >= 11 is 0. The molecule has 1 atom stereocenters. The number of ether oxygens (including phenoxy) is 1. The molecule has 24 heavy (non-hydrogen) atoms. The van der Waals surface area contributed by atoms with E-state index < -0.39 is 0 Å². The highest BCUT2D eigenvalue weighted by Gasteiger charge is 2.20. The second-order valence-electron chi connectivity index (χ2n) is 5.80. The molecule has 0 saturated carbocycles. The van der Waals surface area contributed by atoms with E-state index in [2.05, 4.69) is 15.3 Å². The number of benzene rings is 1. The number of aromatic nitrogens is 2. The first-order valence-electron chi connectivity index (χ1n) is 8.10. The molecule has 5 N–H and O–H groups in total. The SMILES string of the molecule is Nc1nc(-c2c(O)cccc2OCCO)cc(C2CCCNC2)n1. The number of aliphatic hydroxyl groups is 1. The zero-order valence-corrected chi connectivity index (χ0v) is 13.4. The van der Waals surface area contributed by atoms with Crippen LogP contribution in [0, 0.1) is 0 Å². The van der Waals surface area contributed by atoms with Crippen molar-refractivity contribution in [2.24, 2.45) is 0 Å². The molecule has 0 aliphatic carbocycles. The van der Waals surface area contributed by atoms with Gasteiger partial charge in [0.25, 0.3) is 0 Å². The van der Waals surface area contributed by atoms with Crippen molar-refractivity contribution in [2.75, 3.05) is 32.0 Å². The molecule has 3 rings (SSSR count). The van der Waals surface area contributed by atoms with Crippen LogP contribution in [0.25, 0.3) is 11.3 Å². The maximum Gasteiger partial charge on any atom is 0.220 e. The third kappa shape index (κ3) is 3.58. The van der Waals surface area contributed by atoms with Crippen LogP contribution in [-0.2, 0) is 0 Å². The smallest absolute Gasteiger partial charge is 0.220 e. The predicted octanol–water partition coefficient (Wildman–Crippen LogP) is 1.27. The number of aliphatic hydroxyl groups excluding tert-OH is 1. The van der Waals surface area contributed by atoms with Crippen LogP contribution in [0.4, 0.5) is 5.95 Å². The molecule has 0 amide bonds. The maximum absolute atomic E-state index is 10.3. The number of rotatable bonds is 5. The van der Waals surface area contributed by atoms with Crippen molar-refractivity contribution in [3.8, 4) is 22.8 Å². The molecule has 128 valence electrons. The Morgan fingerprint density at radius 2 is 2.21 bits per heavy atom. The van der Waals surface area contributed by atoms with Crippen molar-refractivity contribution in [1.82, 2.24) is 15.3 Å². The normalized spacial score (nSPS) is 17.6. The highest BCUT2D eigenvalue weighted by molar-refractivity contribution is 5.74. The van der Waals surface area contributed by atoms with Crippen LogP contribution in [0.1, 0.15) is 24.5 Å². The van der Waals surface area contributed by atoms with Gasteiger partial charge in [-0.1, -0.05) is 6.07 Å². The number of nitrogen functional groups attached to an aromatic ring is 1. The lowest BCUT2D eigenvalue weighted by atomic mass is 9.95. The summed E-state index contributed by atoms with van der Waals surface area (Å²) in [5.41, 5.74) is 7.75. The minimum Gasteiger partial charge on any atom is -0.507 e. The summed E-state index contributed by atoms with van der Waals surface area (Å²) < 4.78 is 5.52. The second-order valence-corrected chi connectivity index (χ2v) is 5.80.